The molecule has 0 saturated heterocycles. The number of aldehydes is 1. The molecule has 1 amide bonds. The zero-order chi connectivity index (χ0) is 7.98. The number of carbonyl (C=O) groups is 2. The van der Waals surface area contributed by atoms with Crippen molar-refractivity contribution in [2.45, 2.75) is 19.8 Å². The van der Waals surface area contributed by atoms with E-state index >= 15 is 0 Å². The van der Waals surface area contributed by atoms with Gasteiger partial charge in [0.05, 0.1) is 0 Å². The Morgan fingerprint density at radius 3 is 2.70 bits per heavy atom. The summed E-state index contributed by atoms with van der Waals surface area (Å²) in [5.74, 6) is -0.0444. The fourth-order valence-corrected chi connectivity index (χ4v) is 0.696. The molecule has 0 aliphatic rings. The molecule has 0 rings (SSSR count). The third kappa shape index (κ3) is 3.22. The van der Waals surface area contributed by atoms with Crippen molar-refractivity contribution in [3.05, 3.63) is 0 Å². The first-order valence-electron chi connectivity index (χ1n) is 3.37. The molecule has 0 aromatic carbocycles. The Bertz CT molecular complexity index is 123. The van der Waals surface area contributed by atoms with E-state index in [4.69, 9.17) is 0 Å². The molecule has 0 bridgehead atoms. The van der Waals surface area contributed by atoms with Crippen LogP contribution in [0.25, 0.3) is 0 Å². The number of rotatable bonds is 4. The van der Waals surface area contributed by atoms with Crippen LogP contribution >= 0.6 is 0 Å². The molecule has 0 aromatic heterocycles. The maximum atomic E-state index is 10.8. The average Bonchev–Trinajstić information content (AvgIpc) is 1.98. The predicted molar refractivity (Wildman–Crippen MR) is 38.5 cm³/mol. The van der Waals surface area contributed by atoms with Gasteiger partial charge in [0.25, 0.3) is 0 Å². The summed E-state index contributed by atoms with van der Waals surface area (Å²) < 4.78 is 0. The first-order valence-corrected chi connectivity index (χ1v) is 3.37. The number of amides is 1. The second-order valence-corrected chi connectivity index (χ2v) is 2.26. The van der Waals surface area contributed by atoms with E-state index < -0.39 is 0 Å². The Kier molecular flexibility index (Phi) is 4.54. The van der Waals surface area contributed by atoms with Gasteiger partial charge in [0.15, 0.2) is 0 Å². The molecule has 3 heteroatoms. The van der Waals surface area contributed by atoms with Gasteiger partial charge in [0.1, 0.15) is 6.29 Å². The summed E-state index contributed by atoms with van der Waals surface area (Å²) >= 11 is 0. The molecule has 1 atom stereocenters. The minimum Gasteiger partial charge on any atom is -0.359 e. The maximum absolute atomic E-state index is 10.8. The topological polar surface area (TPSA) is 46.2 Å². The van der Waals surface area contributed by atoms with Crippen molar-refractivity contribution in [2.24, 2.45) is 5.92 Å². The second-order valence-electron chi connectivity index (χ2n) is 2.26. The number of carbonyl (C=O) groups excluding carboxylic acids is 2. The van der Waals surface area contributed by atoms with Gasteiger partial charge in [-0.05, 0) is 6.42 Å². The van der Waals surface area contributed by atoms with E-state index in [0.717, 1.165) is 6.29 Å². The van der Waals surface area contributed by atoms with Gasteiger partial charge >= 0.3 is 0 Å². The minimum atomic E-state index is -0.0461. The lowest BCUT2D eigenvalue weighted by Crippen LogP contribution is -2.25. The molecule has 0 spiro atoms. The van der Waals surface area contributed by atoms with Crippen LogP contribution in [-0.4, -0.2) is 19.2 Å². The Labute approximate surface area is 60.8 Å². The summed E-state index contributed by atoms with van der Waals surface area (Å²) in [7, 11) is 1.60. The van der Waals surface area contributed by atoms with Crippen molar-refractivity contribution in [3.8, 4) is 0 Å². The predicted octanol–water partition coefficient (Wildman–Crippen LogP) is 0.348. The van der Waals surface area contributed by atoms with E-state index in [0.29, 0.717) is 12.8 Å². The van der Waals surface area contributed by atoms with Gasteiger partial charge in [-0.1, -0.05) is 6.92 Å². The molecule has 1 N–H and O–H groups in total. The van der Waals surface area contributed by atoms with Crippen LogP contribution in [0.2, 0.25) is 0 Å². The van der Waals surface area contributed by atoms with Crippen LogP contribution in [0, 0.1) is 5.92 Å². The molecule has 0 aromatic rings. The van der Waals surface area contributed by atoms with Gasteiger partial charge in [-0.15, -0.1) is 0 Å². The lowest BCUT2D eigenvalue weighted by atomic mass is 10.1. The zero-order valence-corrected chi connectivity index (χ0v) is 6.39. The fourth-order valence-electron chi connectivity index (χ4n) is 0.696. The maximum Gasteiger partial charge on any atom is 0.222 e. The van der Waals surface area contributed by atoms with Crippen LogP contribution < -0.4 is 5.32 Å². The monoisotopic (exact) mass is 143 g/mol. The molecule has 0 unspecified atom stereocenters. The lowest BCUT2D eigenvalue weighted by Gasteiger charge is -2.05. The van der Waals surface area contributed by atoms with Crippen LogP contribution in [-0.2, 0) is 9.59 Å². The Hall–Kier alpha value is -0.860. The van der Waals surface area contributed by atoms with Crippen molar-refractivity contribution < 1.29 is 9.59 Å². The summed E-state index contributed by atoms with van der Waals surface area (Å²) in [6.07, 6.45) is 1.94. The van der Waals surface area contributed by atoms with Crippen LogP contribution in [0.3, 0.4) is 0 Å². The highest BCUT2D eigenvalue weighted by Crippen LogP contribution is 2.02. The van der Waals surface area contributed by atoms with Crippen molar-refractivity contribution >= 4 is 12.2 Å². The molecule has 0 radical (unpaired) electrons. The molecule has 0 aliphatic carbocycles. The Morgan fingerprint density at radius 2 is 2.30 bits per heavy atom. The SMILES string of the molecule is CNC(=O)[C@@H](C)CCC=O. The van der Waals surface area contributed by atoms with Crippen LogP contribution in [0.5, 0.6) is 0 Å². The first-order chi connectivity index (χ1) is 4.72. The summed E-state index contributed by atoms with van der Waals surface area (Å²) in [4.78, 5) is 20.7. The van der Waals surface area contributed by atoms with Crippen molar-refractivity contribution in [1.29, 1.82) is 0 Å². The summed E-state index contributed by atoms with van der Waals surface area (Å²) in [5, 5.41) is 2.52. The van der Waals surface area contributed by atoms with Gasteiger partial charge in [-0.2, -0.15) is 0 Å². The van der Waals surface area contributed by atoms with Gasteiger partial charge < -0.3 is 10.1 Å². The molecular weight excluding hydrogens is 130 g/mol. The van der Waals surface area contributed by atoms with Crippen molar-refractivity contribution in [1.82, 2.24) is 5.32 Å². The van der Waals surface area contributed by atoms with Crippen LogP contribution in [0.4, 0.5) is 0 Å². The van der Waals surface area contributed by atoms with Gasteiger partial charge in [-0.25, -0.2) is 0 Å². The van der Waals surface area contributed by atoms with Crippen LogP contribution in [0.1, 0.15) is 19.8 Å². The molecular formula is C7H13NO2. The highest BCUT2D eigenvalue weighted by molar-refractivity contribution is 5.78. The lowest BCUT2D eigenvalue weighted by molar-refractivity contribution is -0.124. The van der Waals surface area contributed by atoms with E-state index in [2.05, 4.69) is 5.32 Å². The average molecular weight is 143 g/mol. The molecule has 0 saturated carbocycles. The summed E-state index contributed by atoms with van der Waals surface area (Å²) in [6, 6.07) is 0. The fraction of sp³-hybridized carbons (Fsp3) is 0.714. The third-order valence-electron chi connectivity index (χ3n) is 1.41. The van der Waals surface area contributed by atoms with Crippen molar-refractivity contribution in [2.75, 3.05) is 7.05 Å². The summed E-state index contributed by atoms with van der Waals surface area (Å²) in [5.41, 5.74) is 0. The van der Waals surface area contributed by atoms with Gasteiger partial charge in [0, 0.05) is 19.4 Å². The smallest absolute Gasteiger partial charge is 0.222 e. The van der Waals surface area contributed by atoms with E-state index in [-0.39, 0.29) is 11.8 Å². The molecule has 3 nitrogen and oxygen atoms in total. The largest absolute Gasteiger partial charge is 0.359 e. The number of hydrogen-bond donors (Lipinski definition) is 1. The third-order valence-corrected chi connectivity index (χ3v) is 1.41. The quantitative estimate of drug-likeness (QED) is 0.577. The number of nitrogens with one attached hydrogen (secondary N) is 1. The van der Waals surface area contributed by atoms with Gasteiger partial charge in [-0.3, -0.25) is 4.79 Å². The second kappa shape index (κ2) is 4.97. The molecule has 0 heterocycles. The molecule has 0 fully saturated rings. The first kappa shape index (κ1) is 9.14. The van der Waals surface area contributed by atoms with Crippen molar-refractivity contribution in [3.63, 3.8) is 0 Å². The van der Waals surface area contributed by atoms with Crippen LogP contribution in [0.15, 0.2) is 0 Å². The minimum absolute atomic E-state index is 0.00171. The number of hydrogen-bond acceptors (Lipinski definition) is 2. The van der Waals surface area contributed by atoms with E-state index in [1.807, 2.05) is 6.92 Å². The molecule has 0 aliphatic heterocycles. The zero-order valence-electron chi connectivity index (χ0n) is 6.39. The van der Waals surface area contributed by atoms with Gasteiger partial charge in [0.2, 0.25) is 5.91 Å². The van der Waals surface area contributed by atoms with E-state index in [1.54, 1.807) is 7.05 Å². The highest BCUT2D eigenvalue weighted by atomic mass is 16.1. The Balaban J connectivity index is 3.50. The molecule has 10 heavy (non-hydrogen) atoms. The Morgan fingerprint density at radius 1 is 1.70 bits per heavy atom. The summed E-state index contributed by atoms with van der Waals surface area (Å²) in [6.45, 7) is 1.81. The van der Waals surface area contributed by atoms with E-state index in [9.17, 15) is 9.59 Å². The standard InChI is InChI=1S/C7H13NO2/c1-6(4-3-5-9)7(10)8-2/h5-6H,3-4H2,1-2H3,(H,8,10)/t6-/m0/s1. The normalized spacial score (nSPS) is 12.2. The van der Waals surface area contributed by atoms with E-state index in [1.165, 1.54) is 0 Å². The highest BCUT2D eigenvalue weighted by Gasteiger charge is 2.08. The molecule has 58 valence electrons.